The Bertz CT molecular complexity index is 824. The van der Waals surface area contributed by atoms with Crippen molar-refractivity contribution < 1.29 is 9.53 Å². The summed E-state index contributed by atoms with van der Waals surface area (Å²) in [5.41, 5.74) is 2.44. The number of carbonyl (C=O) groups excluding carboxylic acids is 1. The van der Waals surface area contributed by atoms with Crippen LogP contribution in [0.3, 0.4) is 0 Å². The van der Waals surface area contributed by atoms with E-state index in [2.05, 4.69) is 10.3 Å². The molecule has 2 aromatic rings. The molecule has 3 heterocycles. The van der Waals surface area contributed by atoms with Crippen molar-refractivity contribution >= 4 is 5.91 Å². The number of aromatic nitrogens is 2. The van der Waals surface area contributed by atoms with Crippen molar-refractivity contribution in [3.8, 4) is 0 Å². The fourth-order valence-corrected chi connectivity index (χ4v) is 3.36. The van der Waals surface area contributed by atoms with Crippen LogP contribution in [0.15, 0.2) is 35.3 Å². The molecule has 1 fully saturated rings. The van der Waals surface area contributed by atoms with E-state index in [9.17, 15) is 9.59 Å². The van der Waals surface area contributed by atoms with Gasteiger partial charge in [0.2, 0.25) is 0 Å². The SMILES string of the molecule is Cc1cc(C)n(C[C@@H]2CCCO2)c(=O)c1C(=O)NCCc1ccccn1. The molecule has 1 aliphatic heterocycles. The van der Waals surface area contributed by atoms with E-state index in [1.165, 1.54) is 0 Å². The third-order valence-electron chi connectivity index (χ3n) is 4.73. The van der Waals surface area contributed by atoms with E-state index in [-0.39, 0.29) is 23.1 Å². The van der Waals surface area contributed by atoms with Gasteiger partial charge in [0.15, 0.2) is 0 Å². The van der Waals surface area contributed by atoms with Crippen LogP contribution in [0.4, 0.5) is 0 Å². The molecule has 1 amide bonds. The van der Waals surface area contributed by atoms with Crippen molar-refractivity contribution in [3.63, 3.8) is 0 Å². The second-order valence-corrected chi connectivity index (χ2v) is 6.72. The maximum Gasteiger partial charge on any atom is 0.263 e. The lowest BCUT2D eigenvalue weighted by molar-refractivity contribution is 0.0927. The van der Waals surface area contributed by atoms with Crippen molar-refractivity contribution in [2.24, 2.45) is 0 Å². The van der Waals surface area contributed by atoms with Gasteiger partial charge in [-0.1, -0.05) is 6.07 Å². The van der Waals surface area contributed by atoms with Gasteiger partial charge >= 0.3 is 0 Å². The molecule has 26 heavy (non-hydrogen) atoms. The second kappa shape index (κ2) is 8.27. The van der Waals surface area contributed by atoms with Crippen molar-refractivity contribution in [1.29, 1.82) is 0 Å². The molecular weight excluding hydrogens is 330 g/mol. The minimum Gasteiger partial charge on any atom is -0.376 e. The van der Waals surface area contributed by atoms with Crippen LogP contribution in [0.1, 0.15) is 40.2 Å². The smallest absolute Gasteiger partial charge is 0.263 e. The first kappa shape index (κ1) is 18.3. The third-order valence-corrected chi connectivity index (χ3v) is 4.73. The Hall–Kier alpha value is -2.47. The van der Waals surface area contributed by atoms with Gasteiger partial charge in [-0.15, -0.1) is 0 Å². The van der Waals surface area contributed by atoms with Gasteiger partial charge in [0, 0.05) is 37.2 Å². The molecule has 0 unspecified atom stereocenters. The maximum absolute atomic E-state index is 12.9. The molecular formula is C20H25N3O3. The highest BCUT2D eigenvalue weighted by Crippen LogP contribution is 2.15. The van der Waals surface area contributed by atoms with Gasteiger partial charge in [-0.3, -0.25) is 14.6 Å². The number of ether oxygens (including phenoxy) is 1. The molecule has 0 saturated carbocycles. The minimum absolute atomic E-state index is 0.0502. The van der Waals surface area contributed by atoms with Crippen molar-refractivity contribution in [1.82, 2.24) is 14.9 Å². The third kappa shape index (κ3) is 4.19. The standard InChI is InChI=1S/C20H25N3O3/c1-14-12-15(2)23(13-17-7-5-11-26-17)20(25)18(14)19(24)22-10-8-16-6-3-4-9-21-16/h3-4,6,9,12,17H,5,7-8,10-11,13H2,1-2H3,(H,22,24)/t17-/m0/s1. The van der Waals surface area contributed by atoms with Crippen molar-refractivity contribution in [2.45, 2.75) is 45.8 Å². The molecule has 2 aromatic heterocycles. The molecule has 1 atom stereocenters. The number of aryl methyl sites for hydroxylation is 2. The summed E-state index contributed by atoms with van der Waals surface area (Å²) >= 11 is 0. The second-order valence-electron chi connectivity index (χ2n) is 6.72. The van der Waals surface area contributed by atoms with Crippen LogP contribution in [0.2, 0.25) is 0 Å². The molecule has 0 aliphatic carbocycles. The number of rotatable bonds is 6. The molecule has 138 valence electrons. The molecule has 0 radical (unpaired) electrons. The van der Waals surface area contributed by atoms with Crippen molar-refractivity contribution in [3.05, 3.63) is 63.3 Å². The highest BCUT2D eigenvalue weighted by Gasteiger charge is 2.21. The lowest BCUT2D eigenvalue weighted by Crippen LogP contribution is -2.37. The first-order valence-electron chi connectivity index (χ1n) is 9.07. The Labute approximate surface area is 153 Å². The van der Waals surface area contributed by atoms with Gasteiger partial charge in [-0.25, -0.2) is 0 Å². The Kier molecular flexibility index (Phi) is 5.83. The average molecular weight is 355 g/mol. The number of nitrogens with zero attached hydrogens (tertiary/aromatic N) is 2. The molecule has 0 bridgehead atoms. The van der Waals surface area contributed by atoms with E-state index < -0.39 is 0 Å². The number of nitrogens with one attached hydrogen (secondary N) is 1. The van der Waals surface area contributed by atoms with Gasteiger partial charge in [-0.2, -0.15) is 0 Å². The highest BCUT2D eigenvalue weighted by atomic mass is 16.5. The topological polar surface area (TPSA) is 73.2 Å². The van der Waals surface area contributed by atoms with Gasteiger partial charge in [0.25, 0.3) is 11.5 Å². The number of pyridine rings is 2. The first-order valence-corrected chi connectivity index (χ1v) is 9.07. The number of hydrogen-bond acceptors (Lipinski definition) is 4. The zero-order chi connectivity index (χ0) is 18.5. The number of carbonyl (C=O) groups is 1. The monoisotopic (exact) mass is 355 g/mol. The van der Waals surface area contributed by atoms with Crippen LogP contribution in [0, 0.1) is 13.8 Å². The lowest BCUT2D eigenvalue weighted by atomic mass is 10.1. The zero-order valence-electron chi connectivity index (χ0n) is 15.3. The van der Waals surface area contributed by atoms with E-state index >= 15 is 0 Å². The van der Waals surface area contributed by atoms with E-state index in [1.54, 1.807) is 17.7 Å². The Morgan fingerprint density at radius 2 is 2.23 bits per heavy atom. The Morgan fingerprint density at radius 1 is 1.38 bits per heavy atom. The summed E-state index contributed by atoms with van der Waals surface area (Å²) in [6.07, 6.45) is 4.37. The zero-order valence-corrected chi connectivity index (χ0v) is 15.3. The van der Waals surface area contributed by atoms with E-state index in [0.717, 1.165) is 30.8 Å². The fourth-order valence-electron chi connectivity index (χ4n) is 3.36. The minimum atomic E-state index is -0.329. The summed E-state index contributed by atoms with van der Waals surface area (Å²) < 4.78 is 7.31. The summed E-state index contributed by atoms with van der Waals surface area (Å²) in [6, 6.07) is 7.58. The summed E-state index contributed by atoms with van der Waals surface area (Å²) in [5.74, 6) is -0.329. The summed E-state index contributed by atoms with van der Waals surface area (Å²) in [5, 5.41) is 2.85. The van der Waals surface area contributed by atoms with E-state index in [4.69, 9.17) is 4.74 Å². The molecule has 6 nitrogen and oxygen atoms in total. The van der Waals surface area contributed by atoms with Gasteiger partial charge in [0.1, 0.15) is 5.56 Å². The molecule has 1 N–H and O–H groups in total. The Morgan fingerprint density at radius 3 is 2.92 bits per heavy atom. The van der Waals surface area contributed by atoms with E-state index in [0.29, 0.717) is 25.1 Å². The first-order chi connectivity index (χ1) is 12.6. The predicted molar refractivity (Wildman–Crippen MR) is 99.4 cm³/mol. The molecule has 6 heteroatoms. The Balaban J connectivity index is 1.73. The van der Waals surface area contributed by atoms with Gasteiger partial charge < -0.3 is 14.6 Å². The molecule has 1 saturated heterocycles. The van der Waals surface area contributed by atoms with Crippen LogP contribution in [-0.2, 0) is 17.7 Å². The van der Waals surface area contributed by atoms with E-state index in [1.807, 2.05) is 31.2 Å². The predicted octanol–water partition coefficient (Wildman–Crippen LogP) is 2.01. The van der Waals surface area contributed by atoms with Crippen LogP contribution >= 0.6 is 0 Å². The summed E-state index contributed by atoms with van der Waals surface area (Å²) in [6.45, 7) is 5.38. The lowest BCUT2D eigenvalue weighted by Gasteiger charge is -2.17. The number of amides is 1. The average Bonchev–Trinajstić information content (AvgIpc) is 3.12. The summed E-state index contributed by atoms with van der Waals surface area (Å²) in [4.78, 5) is 29.7. The molecule has 0 spiro atoms. The van der Waals surface area contributed by atoms with Gasteiger partial charge in [-0.05, 0) is 50.5 Å². The molecule has 3 rings (SSSR count). The summed E-state index contributed by atoms with van der Waals surface area (Å²) in [7, 11) is 0. The fraction of sp³-hybridized carbons (Fsp3) is 0.450. The molecule has 0 aromatic carbocycles. The maximum atomic E-state index is 12.9. The normalized spacial score (nSPS) is 16.6. The van der Waals surface area contributed by atoms with Crippen molar-refractivity contribution in [2.75, 3.05) is 13.2 Å². The van der Waals surface area contributed by atoms with Crippen LogP contribution in [-0.4, -0.2) is 34.7 Å². The van der Waals surface area contributed by atoms with Gasteiger partial charge in [0.05, 0.1) is 12.6 Å². The molecule has 1 aliphatic rings. The number of hydrogen-bond donors (Lipinski definition) is 1. The quantitative estimate of drug-likeness (QED) is 0.860. The van der Waals surface area contributed by atoms with Crippen LogP contribution < -0.4 is 10.9 Å². The van der Waals surface area contributed by atoms with Crippen LogP contribution in [0.5, 0.6) is 0 Å². The van der Waals surface area contributed by atoms with Crippen LogP contribution in [0.25, 0.3) is 0 Å². The largest absolute Gasteiger partial charge is 0.376 e. The highest BCUT2D eigenvalue weighted by molar-refractivity contribution is 5.95.